The molecular formula is C25H38O4. The van der Waals surface area contributed by atoms with Crippen molar-refractivity contribution in [2.75, 3.05) is 6.61 Å². The molecule has 0 aliphatic heterocycles. The van der Waals surface area contributed by atoms with Crippen molar-refractivity contribution in [3.63, 3.8) is 0 Å². The van der Waals surface area contributed by atoms with Gasteiger partial charge < -0.3 is 9.84 Å². The second kappa shape index (κ2) is 16.8. The zero-order valence-corrected chi connectivity index (χ0v) is 18.0. The third-order valence-corrected chi connectivity index (χ3v) is 5.02. The largest absolute Gasteiger partial charge is 0.478 e. The lowest BCUT2D eigenvalue weighted by molar-refractivity contribution is 0.0487. The number of benzene rings is 1. The number of carboxylic acids is 1. The lowest BCUT2D eigenvalue weighted by Gasteiger charge is -2.07. The molecule has 0 bridgehead atoms. The maximum absolute atomic E-state index is 12.0. The quantitative estimate of drug-likeness (QED) is 0.170. The molecule has 0 atom stereocenters. The molecule has 0 spiro atoms. The van der Waals surface area contributed by atoms with Gasteiger partial charge in [0.05, 0.1) is 17.7 Å². The summed E-state index contributed by atoms with van der Waals surface area (Å²) in [6.45, 7) is 2.59. The summed E-state index contributed by atoms with van der Waals surface area (Å²) in [5.41, 5.74) is 0.110. The Labute approximate surface area is 176 Å². The molecule has 0 amide bonds. The molecule has 1 aromatic carbocycles. The third-order valence-electron chi connectivity index (χ3n) is 5.02. The number of carbonyl (C=O) groups is 2. The van der Waals surface area contributed by atoms with Crippen LogP contribution in [0.1, 0.15) is 111 Å². The van der Waals surface area contributed by atoms with Crippen molar-refractivity contribution < 1.29 is 19.4 Å². The Morgan fingerprint density at radius 2 is 1.31 bits per heavy atom. The first-order valence-corrected chi connectivity index (χ1v) is 11.3. The van der Waals surface area contributed by atoms with Gasteiger partial charge in [-0.1, -0.05) is 82.6 Å². The van der Waals surface area contributed by atoms with E-state index in [0.29, 0.717) is 6.61 Å². The van der Waals surface area contributed by atoms with Gasteiger partial charge in [0.1, 0.15) is 0 Å². The Balaban J connectivity index is 1.96. The number of hydrogen-bond donors (Lipinski definition) is 1. The fourth-order valence-electron chi connectivity index (χ4n) is 3.26. The highest BCUT2D eigenvalue weighted by atomic mass is 16.5. The van der Waals surface area contributed by atoms with E-state index >= 15 is 0 Å². The van der Waals surface area contributed by atoms with Crippen LogP contribution in [0.2, 0.25) is 0 Å². The normalized spacial score (nSPS) is 11.1. The average molecular weight is 403 g/mol. The number of carboxylic acid groups (broad SMARTS) is 1. The van der Waals surface area contributed by atoms with E-state index in [2.05, 4.69) is 19.1 Å². The zero-order chi connectivity index (χ0) is 21.2. The fourth-order valence-corrected chi connectivity index (χ4v) is 3.26. The molecule has 0 saturated heterocycles. The minimum absolute atomic E-state index is 0.0103. The summed E-state index contributed by atoms with van der Waals surface area (Å²) in [6.07, 6.45) is 20.5. The summed E-state index contributed by atoms with van der Waals surface area (Å²) in [5, 5.41) is 9.12. The van der Waals surface area contributed by atoms with E-state index < -0.39 is 11.9 Å². The molecule has 0 unspecified atom stereocenters. The number of carbonyl (C=O) groups excluding carboxylic acids is 1. The number of unbranched alkanes of at least 4 members (excludes halogenated alkanes) is 11. The molecule has 0 heterocycles. The molecule has 29 heavy (non-hydrogen) atoms. The predicted octanol–water partition coefficient (Wildman–Crippen LogP) is 7.19. The monoisotopic (exact) mass is 402 g/mol. The van der Waals surface area contributed by atoms with Gasteiger partial charge >= 0.3 is 11.9 Å². The van der Waals surface area contributed by atoms with E-state index in [1.807, 2.05) is 0 Å². The number of aromatic carboxylic acids is 1. The zero-order valence-electron chi connectivity index (χ0n) is 18.0. The van der Waals surface area contributed by atoms with E-state index in [1.165, 1.54) is 76.3 Å². The minimum atomic E-state index is -1.11. The molecule has 4 nitrogen and oxygen atoms in total. The molecule has 0 saturated carbocycles. The fraction of sp³-hybridized carbons (Fsp3) is 0.600. The smallest absolute Gasteiger partial charge is 0.339 e. The van der Waals surface area contributed by atoms with E-state index in [9.17, 15) is 9.59 Å². The Kier molecular flexibility index (Phi) is 14.5. The van der Waals surface area contributed by atoms with Gasteiger partial charge in [-0.2, -0.15) is 0 Å². The van der Waals surface area contributed by atoms with Crippen LogP contribution < -0.4 is 0 Å². The Morgan fingerprint density at radius 1 is 0.793 bits per heavy atom. The lowest BCUT2D eigenvalue weighted by atomic mass is 10.1. The van der Waals surface area contributed by atoms with Crippen LogP contribution in [-0.4, -0.2) is 23.7 Å². The van der Waals surface area contributed by atoms with Crippen LogP contribution in [0.5, 0.6) is 0 Å². The van der Waals surface area contributed by atoms with Crippen LogP contribution in [-0.2, 0) is 4.74 Å². The Bertz CT molecular complexity index is 607. The number of hydrogen-bond acceptors (Lipinski definition) is 3. The van der Waals surface area contributed by atoms with Crippen molar-refractivity contribution in [1.29, 1.82) is 0 Å². The first-order chi connectivity index (χ1) is 14.2. The van der Waals surface area contributed by atoms with Gasteiger partial charge in [0.15, 0.2) is 0 Å². The highest BCUT2D eigenvalue weighted by Gasteiger charge is 2.16. The molecule has 1 N–H and O–H groups in total. The van der Waals surface area contributed by atoms with Gasteiger partial charge in [0.2, 0.25) is 0 Å². The summed E-state index contributed by atoms with van der Waals surface area (Å²) in [7, 11) is 0. The topological polar surface area (TPSA) is 63.6 Å². The van der Waals surface area contributed by atoms with Gasteiger partial charge in [-0.15, -0.1) is 0 Å². The van der Waals surface area contributed by atoms with Crippen LogP contribution in [0.15, 0.2) is 36.4 Å². The Morgan fingerprint density at radius 3 is 1.90 bits per heavy atom. The van der Waals surface area contributed by atoms with Crippen molar-refractivity contribution in [1.82, 2.24) is 0 Å². The van der Waals surface area contributed by atoms with Crippen LogP contribution in [0.3, 0.4) is 0 Å². The maximum atomic E-state index is 12.0. The summed E-state index contributed by atoms with van der Waals surface area (Å²) in [4.78, 5) is 23.2. The summed E-state index contributed by atoms with van der Waals surface area (Å²) < 4.78 is 5.22. The highest BCUT2D eigenvalue weighted by molar-refractivity contribution is 6.02. The third kappa shape index (κ3) is 12.1. The SMILES string of the molecule is CCCCCC/C=C/CCCCCCCCCOC(=O)c1ccccc1C(=O)O. The van der Waals surface area contributed by atoms with Crippen LogP contribution in [0.25, 0.3) is 0 Å². The van der Waals surface area contributed by atoms with E-state index in [4.69, 9.17) is 9.84 Å². The van der Waals surface area contributed by atoms with Crippen LogP contribution in [0, 0.1) is 0 Å². The number of esters is 1. The van der Waals surface area contributed by atoms with E-state index in [1.54, 1.807) is 12.1 Å². The van der Waals surface area contributed by atoms with Crippen LogP contribution >= 0.6 is 0 Å². The second-order valence-corrected chi connectivity index (χ2v) is 7.57. The molecule has 162 valence electrons. The highest BCUT2D eigenvalue weighted by Crippen LogP contribution is 2.12. The van der Waals surface area contributed by atoms with Crippen LogP contribution in [0.4, 0.5) is 0 Å². The minimum Gasteiger partial charge on any atom is -0.478 e. The summed E-state index contributed by atoms with van der Waals surface area (Å²) >= 11 is 0. The second-order valence-electron chi connectivity index (χ2n) is 7.57. The molecule has 0 aromatic heterocycles. The van der Waals surface area contributed by atoms with Crippen molar-refractivity contribution in [2.24, 2.45) is 0 Å². The summed E-state index contributed by atoms with van der Waals surface area (Å²) in [5.74, 6) is -1.67. The predicted molar refractivity (Wildman–Crippen MR) is 119 cm³/mol. The summed E-state index contributed by atoms with van der Waals surface area (Å²) in [6, 6.07) is 6.16. The molecule has 1 rings (SSSR count). The first kappa shape index (κ1) is 24.9. The standard InChI is InChI=1S/C25H38O4/c1-2-3-4-5-6-7-8-9-10-11-12-13-14-15-18-21-29-25(28)23-20-17-16-19-22(23)24(26)27/h7-8,16-17,19-20H,2-6,9-15,18,21H2,1H3,(H,26,27)/b8-7+. The van der Waals surface area contributed by atoms with Crippen molar-refractivity contribution in [3.8, 4) is 0 Å². The molecule has 1 aromatic rings. The molecular weight excluding hydrogens is 364 g/mol. The maximum Gasteiger partial charge on any atom is 0.339 e. The molecule has 0 radical (unpaired) electrons. The number of allylic oxidation sites excluding steroid dienone is 2. The molecule has 4 heteroatoms. The van der Waals surface area contributed by atoms with E-state index in [0.717, 1.165) is 19.3 Å². The van der Waals surface area contributed by atoms with Gasteiger partial charge in [0.25, 0.3) is 0 Å². The molecule has 0 aliphatic rings. The van der Waals surface area contributed by atoms with Crippen molar-refractivity contribution >= 4 is 11.9 Å². The van der Waals surface area contributed by atoms with Crippen molar-refractivity contribution in [3.05, 3.63) is 47.5 Å². The number of ether oxygens (including phenoxy) is 1. The van der Waals surface area contributed by atoms with Gasteiger partial charge in [0, 0.05) is 0 Å². The van der Waals surface area contributed by atoms with Crippen molar-refractivity contribution in [2.45, 2.75) is 90.4 Å². The van der Waals surface area contributed by atoms with Gasteiger partial charge in [-0.05, 0) is 44.2 Å². The van der Waals surface area contributed by atoms with Gasteiger partial charge in [-0.25, -0.2) is 9.59 Å². The lowest BCUT2D eigenvalue weighted by Crippen LogP contribution is -2.12. The number of rotatable bonds is 17. The average Bonchev–Trinajstić information content (AvgIpc) is 2.73. The first-order valence-electron chi connectivity index (χ1n) is 11.3. The van der Waals surface area contributed by atoms with Gasteiger partial charge in [-0.3, -0.25) is 0 Å². The molecule has 0 fully saturated rings. The molecule has 0 aliphatic carbocycles. The Hall–Kier alpha value is -2.10. The van der Waals surface area contributed by atoms with E-state index in [-0.39, 0.29) is 11.1 Å².